The number of halogens is 1. The molecule has 2 aromatic heterocycles. The molecule has 7 heteroatoms. The summed E-state index contributed by atoms with van der Waals surface area (Å²) in [6.45, 7) is 1.85. The van der Waals surface area contributed by atoms with Gasteiger partial charge >= 0.3 is 0 Å². The van der Waals surface area contributed by atoms with Crippen LogP contribution >= 0.6 is 11.6 Å². The van der Waals surface area contributed by atoms with Crippen molar-refractivity contribution in [2.24, 2.45) is 0 Å². The minimum absolute atomic E-state index is 0.0483. The summed E-state index contributed by atoms with van der Waals surface area (Å²) in [6.07, 6.45) is 4.00. The van der Waals surface area contributed by atoms with Crippen molar-refractivity contribution in [2.45, 2.75) is 29.9 Å². The van der Waals surface area contributed by atoms with Gasteiger partial charge in [0.05, 0.1) is 11.3 Å². The van der Waals surface area contributed by atoms with Crippen molar-refractivity contribution in [1.29, 1.82) is 4.78 Å². The highest BCUT2D eigenvalue weighted by Crippen LogP contribution is 2.35. The van der Waals surface area contributed by atoms with Crippen LogP contribution in [0.4, 0.5) is 0 Å². The second-order valence-electron chi connectivity index (χ2n) is 6.09. The number of rotatable bonds is 4. The van der Waals surface area contributed by atoms with Gasteiger partial charge in [-0.15, -0.1) is 0 Å². The van der Waals surface area contributed by atoms with E-state index in [9.17, 15) is 5.11 Å². The molecule has 1 fully saturated rings. The molecule has 1 saturated carbocycles. The molecule has 0 aliphatic heterocycles. The van der Waals surface area contributed by atoms with Crippen LogP contribution in [-0.2, 0) is 10.7 Å². The zero-order chi connectivity index (χ0) is 17.6. The number of pyridine rings is 1. The first-order valence-electron chi connectivity index (χ1n) is 8.00. The fraction of sp³-hybridized carbons (Fsp3) is 0.222. The van der Waals surface area contributed by atoms with E-state index in [4.69, 9.17) is 16.4 Å². The number of benzene rings is 1. The Morgan fingerprint density at radius 3 is 2.52 bits per heavy atom. The van der Waals surface area contributed by atoms with Crippen LogP contribution in [0.1, 0.15) is 18.5 Å². The molecule has 2 N–H and O–H groups in total. The highest BCUT2D eigenvalue weighted by atomic mass is 35.5. The lowest BCUT2D eigenvalue weighted by Crippen LogP contribution is -2.02. The van der Waals surface area contributed by atoms with Gasteiger partial charge in [-0.05, 0) is 49.6 Å². The second kappa shape index (κ2) is 6.28. The van der Waals surface area contributed by atoms with E-state index in [2.05, 4.69) is 10.1 Å². The summed E-state index contributed by atoms with van der Waals surface area (Å²) >= 11 is 5.94. The third-order valence-electron chi connectivity index (χ3n) is 4.22. The normalized spacial score (nSPS) is 15.3. The summed E-state index contributed by atoms with van der Waals surface area (Å²) in [7, 11) is -0.492. The molecule has 5 nitrogen and oxygen atoms in total. The summed E-state index contributed by atoms with van der Waals surface area (Å²) < 4.78 is 9.65. The van der Waals surface area contributed by atoms with Crippen molar-refractivity contribution < 1.29 is 5.11 Å². The van der Waals surface area contributed by atoms with E-state index in [0.717, 1.165) is 23.3 Å². The number of hydrogen-bond acceptors (Lipinski definition) is 4. The lowest BCUT2D eigenvalue weighted by molar-refractivity contribution is 0.433. The predicted molar refractivity (Wildman–Crippen MR) is 99.6 cm³/mol. The SMILES string of the molecule is Cc1nn(-c2ccc([S@](=N)C3CC3)cn2)c(O)c1-c1ccc(Cl)cc1. The van der Waals surface area contributed by atoms with Crippen LogP contribution in [0.3, 0.4) is 0 Å². The van der Waals surface area contributed by atoms with Crippen molar-refractivity contribution in [3.63, 3.8) is 0 Å². The van der Waals surface area contributed by atoms with Crippen molar-refractivity contribution in [3.8, 4) is 22.8 Å². The maximum atomic E-state index is 10.7. The van der Waals surface area contributed by atoms with E-state index in [0.29, 0.717) is 27.3 Å². The average molecular weight is 373 g/mol. The Kier molecular flexibility index (Phi) is 4.09. The Morgan fingerprint density at radius 2 is 1.92 bits per heavy atom. The smallest absolute Gasteiger partial charge is 0.223 e. The van der Waals surface area contributed by atoms with E-state index in [1.807, 2.05) is 31.2 Å². The average Bonchev–Trinajstić information content (AvgIpc) is 3.42. The monoisotopic (exact) mass is 372 g/mol. The first kappa shape index (κ1) is 16.3. The van der Waals surface area contributed by atoms with E-state index in [-0.39, 0.29) is 5.88 Å². The van der Waals surface area contributed by atoms with E-state index in [1.54, 1.807) is 18.3 Å². The highest BCUT2D eigenvalue weighted by molar-refractivity contribution is 7.87. The number of aromatic hydroxyl groups is 1. The van der Waals surface area contributed by atoms with E-state index < -0.39 is 10.7 Å². The number of hydrogen-bond donors (Lipinski definition) is 2. The van der Waals surface area contributed by atoms with Gasteiger partial charge in [0.15, 0.2) is 5.82 Å². The molecule has 1 aromatic carbocycles. The van der Waals surface area contributed by atoms with Gasteiger partial charge in [-0.25, -0.2) is 4.98 Å². The summed E-state index contributed by atoms with van der Waals surface area (Å²) in [6, 6.07) is 11.0. The first-order valence-corrected chi connectivity index (χ1v) is 9.66. The van der Waals surface area contributed by atoms with Gasteiger partial charge in [-0.2, -0.15) is 9.78 Å². The van der Waals surface area contributed by atoms with Crippen molar-refractivity contribution in [1.82, 2.24) is 14.8 Å². The molecule has 128 valence electrons. The third-order valence-corrected chi connectivity index (χ3v) is 6.36. The highest BCUT2D eigenvalue weighted by Gasteiger charge is 2.26. The molecule has 0 bridgehead atoms. The van der Waals surface area contributed by atoms with Crippen LogP contribution in [0, 0.1) is 11.7 Å². The molecule has 0 spiro atoms. The summed E-state index contributed by atoms with van der Waals surface area (Å²) in [5.41, 5.74) is 2.23. The predicted octanol–water partition coefficient (Wildman–Crippen LogP) is 4.50. The largest absolute Gasteiger partial charge is 0.493 e. The number of aryl methyl sites for hydroxylation is 1. The Hall–Kier alpha value is -2.18. The van der Waals surface area contributed by atoms with Gasteiger partial charge in [0.2, 0.25) is 5.88 Å². The van der Waals surface area contributed by atoms with Crippen LogP contribution in [-0.4, -0.2) is 25.1 Å². The van der Waals surface area contributed by atoms with Crippen LogP contribution in [0.2, 0.25) is 5.02 Å². The van der Waals surface area contributed by atoms with Crippen molar-refractivity contribution in [3.05, 3.63) is 53.3 Å². The minimum atomic E-state index is -0.492. The topological polar surface area (TPSA) is 74.8 Å². The molecule has 1 atom stereocenters. The van der Waals surface area contributed by atoms with Gasteiger partial charge < -0.3 is 5.11 Å². The van der Waals surface area contributed by atoms with Crippen LogP contribution < -0.4 is 0 Å². The van der Waals surface area contributed by atoms with Crippen LogP contribution in [0.5, 0.6) is 5.88 Å². The lowest BCUT2D eigenvalue weighted by Gasteiger charge is -2.06. The molecule has 1 aliphatic rings. The number of nitrogens with zero attached hydrogens (tertiary/aromatic N) is 3. The van der Waals surface area contributed by atoms with Crippen molar-refractivity contribution >= 4 is 22.3 Å². The molecule has 0 amide bonds. The maximum absolute atomic E-state index is 10.7. The summed E-state index contributed by atoms with van der Waals surface area (Å²) in [5.74, 6) is 0.587. The van der Waals surface area contributed by atoms with Gasteiger partial charge in [0.1, 0.15) is 0 Å². The molecule has 0 unspecified atom stereocenters. The van der Waals surface area contributed by atoms with Gasteiger partial charge in [-0.1, -0.05) is 34.4 Å². The molecule has 1 aliphatic carbocycles. The molecule has 4 rings (SSSR count). The molecule has 3 aromatic rings. The Labute approximate surface area is 153 Å². The molecule has 25 heavy (non-hydrogen) atoms. The Bertz CT molecular complexity index is 946. The lowest BCUT2D eigenvalue weighted by atomic mass is 10.1. The zero-order valence-electron chi connectivity index (χ0n) is 13.6. The summed E-state index contributed by atoms with van der Waals surface area (Å²) in [4.78, 5) is 5.35. The van der Waals surface area contributed by atoms with Crippen LogP contribution in [0.15, 0.2) is 47.5 Å². The third kappa shape index (κ3) is 3.07. The molecular formula is C18H17ClN4OS. The maximum Gasteiger partial charge on any atom is 0.223 e. The Morgan fingerprint density at radius 1 is 1.20 bits per heavy atom. The fourth-order valence-corrected chi connectivity index (χ4v) is 4.25. The molecule has 0 radical (unpaired) electrons. The van der Waals surface area contributed by atoms with Crippen LogP contribution in [0.25, 0.3) is 16.9 Å². The van der Waals surface area contributed by atoms with Crippen molar-refractivity contribution in [2.75, 3.05) is 0 Å². The number of aromatic nitrogens is 3. The van der Waals surface area contributed by atoms with E-state index >= 15 is 0 Å². The molecule has 0 saturated heterocycles. The molecular weight excluding hydrogens is 356 g/mol. The van der Waals surface area contributed by atoms with Gasteiger partial charge in [-0.3, -0.25) is 4.78 Å². The Balaban J connectivity index is 1.70. The zero-order valence-corrected chi connectivity index (χ0v) is 15.2. The van der Waals surface area contributed by atoms with Gasteiger partial charge in [0, 0.05) is 21.4 Å². The standard InChI is InChI=1S/C18H17ClN4OS/c1-11-17(12-2-4-13(19)5-3-12)18(24)23(22-11)16-9-8-15(10-21-16)25(20)14-6-7-14/h2-5,8-10,14,20,24H,6-7H2,1H3/t25-/m1/s1. The fourth-order valence-electron chi connectivity index (χ4n) is 2.75. The quantitative estimate of drug-likeness (QED) is 0.707. The minimum Gasteiger partial charge on any atom is -0.493 e. The number of nitrogens with one attached hydrogen (secondary N) is 1. The van der Waals surface area contributed by atoms with Gasteiger partial charge in [0.25, 0.3) is 0 Å². The molecule has 2 heterocycles. The first-order chi connectivity index (χ1) is 12.0. The van der Waals surface area contributed by atoms with E-state index in [1.165, 1.54) is 4.68 Å². The summed E-state index contributed by atoms with van der Waals surface area (Å²) in [5, 5.41) is 16.2. The second-order valence-corrected chi connectivity index (χ2v) is 8.34.